The van der Waals surface area contributed by atoms with E-state index in [9.17, 15) is 38.4 Å². The standard InChI is InChI=1S/C26H22N2O3.2C26H22N2O2.C25H21N3O2/c1-16-3-5-19-14-28(15-20(19)11-16)26(30)31-21-8-6-18(7-9-21)24-13-27-25(29)22-10-4-17(2)12-23(22)24;1-17-14-18(15-25(29)28-13-12-19-6-2-5-9-24(19)28)10-11-20(17)23-16-27-26(30)22-8-4-3-7-21(22)23;1-17-12-18(13-25(29)28-15-19-6-2-3-7-20(19)16-28)10-11-21(17)24-14-27-26(30)23-9-5-4-8-22(23)24;1-16-6-11-20-21(14-16)22(15-26-24(20)29)17-7-9-19(10-8-17)27-25(30)28-13-12-18-4-2-3-5-23(18)28/h3-13H,14-15H2,1-2H3,(H,27,29);2-11,14,16H,12-13,15H2,1H3,(H,27,30);2-12,14H,13,15-16H2,1H3,(H,27,30);2-11,14-15H,12-13H2,1H3,(H,26,29)(H,27,30). The van der Waals surface area contributed by atoms with Crippen molar-refractivity contribution in [3.8, 4) is 50.3 Å². The number of anilines is 3. The predicted octanol–water partition coefficient (Wildman–Crippen LogP) is 19.6. The van der Waals surface area contributed by atoms with Crippen molar-refractivity contribution >= 4 is 84.1 Å². The number of ether oxygens (including phenoxy) is 1. The summed E-state index contributed by atoms with van der Waals surface area (Å²) in [6.45, 7) is 14.1. The van der Waals surface area contributed by atoms with Gasteiger partial charge in [-0.25, -0.2) is 9.59 Å². The summed E-state index contributed by atoms with van der Waals surface area (Å²) in [7, 11) is 0. The van der Waals surface area contributed by atoms with Crippen LogP contribution >= 0.6 is 0 Å². The molecular weight excluding hydrogens is 1510 g/mol. The Hall–Kier alpha value is -15.0. The number of aromatic amines is 4. The first-order chi connectivity index (χ1) is 58.8. The Morgan fingerprint density at radius 1 is 0.339 bits per heavy atom. The highest BCUT2D eigenvalue weighted by Gasteiger charge is 2.29. The van der Waals surface area contributed by atoms with Crippen LogP contribution in [0, 0.1) is 34.6 Å². The number of hydrogen-bond acceptors (Lipinski definition) is 9. The number of fused-ring (bicyclic) bond motifs is 8. The molecule has 8 heterocycles. The molecule has 16 aromatic rings. The van der Waals surface area contributed by atoms with Crippen LogP contribution in [0.4, 0.5) is 26.7 Å². The van der Waals surface area contributed by atoms with Gasteiger partial charge in [-0.3, -0.25) is 38.6 Å². The molecule has 0 spiro atoms. The molecule has 18 heteroatoms. The summed E-state index contributed by atoms with van der Waals surface area (Å²) < 4.78 is 5.61. The highest BCUT2D eigenvalue weighted by atomic mass is 16.6. The van der Waals surface area contributed by atoms with E-state index in [1.54, 1.807) is 46.7 Å². The highest BCUT2D eigenvalue weighted by molar-refractivity contribution is 6.04. The summed E-state index contributed by atoms with van der Waals surface area (Å²) in [6, 6.07) is 84.7. The van der Waals surface area contributed by atoms with Gasteiger partial charge in [0.25, 0.3) is 22.2 Å². The third-order valence-corrected chi connectivity index (χ3v) is 23.3. The number of hydrogen-bond donors (Lipinski definition) is 5. The van der Waals surface area contributed by atoms with Crippen LogP contribution in [-0.4, -0.2) is 66.8 Å². The first kappa shape index (κ1) is 78.5. The van der Waals surface area contributed by atoms with Gasteiger partial charge in [0.15, 0.2) is 0 Å². The van der Waals surface area contributed by atoms with Crippen LogP contribution in [0.25, 0.3) is 87.6 Å². The van der Waals surface area contributed by atoms with Crippen molar-refractivity contribution in [1.29, 1.82) is 0 Å². The first-order valence-electron chi connectivity index (χ1n) is 40.6. The molecular formula is C103H87N9O9. The molecule has 4 aliphatic heterocycles. The monoisotopic (exact) mass is 1590 g/mol. The van der Waals surface area contributed by atoms with Crippen molar-refractivity contribution in [1.82, 2.24) is 29.7 Å². The van der Waals surface area contributed by atoms with Crippen molar-refractivity contribution < 1.29 is 23.9 Å². The summed E-state index contributed by atoms with van der Waals surface area (Å²) in [5, 5.41) is 9.36. The maximum absolute atomic E-state index is 12.9. The topological polar surface area (TPSA) is 234 Å². The number of carbonyl (C=O) groups is 4. The van der Waals surface area contributed by atoms with E-state index in [1.165, 1.54) is 33.4 Å². The molecule has 5 amide bonds. The fraction of sp³-hybridized carbons (Fsp3) is 0.146. The van der Waals surface area contributed by atoms with E-state index >= 15 is 0 Å². The van der Waals surface area contributed by atoms with E-state index < -0.39 is 0 Å². The molecule has 0 bridgehead atoms. The van der Waals surface area contributed by atoms with Crippen molar-refractivity contribution in [2.45, 2.75) is 86.5 Å². The quantitative estimate of drug-likeness (QED) is 0.0875. The molecule has 0 saturated heterocycles. The molecule has 0 aliphatic carbocycles. The molecule has 0 unspecified atom stereocenters. The molecule has 4 aromatic heterocycles. The van der Waals surface area contributed by atoms with Gasteiger partial charge in [0.2, 0.25) is 11.8 Å². The average molecular weight is 1590 g/mol. The van der Waals surface area contributed by atoms with Crippen molar-refractivity contribution in [3.63, 3.8) is 0 Å². The van der Waals surface area contributed by atoms with Gasteiger partial charge >= 0.3 is 12.1 Å². The zero-order valence-electron chi connectivity index (χ0n) is 67.7. The lowest BCUT2D eigenvalue weighted by Crippen LogP contribution is -2.33. The number of rotatable bonds is 10. The second-order valence-electron chi connectivity index (χ2n) is 31.5. The summed E-state index contributed by atoms with van der Waals surface area (Å²) in [5.74, 6) is 0.764. The van der Waals surface area contributed by atoms with Crippen LogP contribution in [0.2, 0.25) is 0 Å². The number of amides is 5. The smallest absolute Gasteiger partial charge is 0.410 e. The number of benzene rings is 12. The Kier molecular flexibility index (Phi) is 22.0. The van der Waals surface area contributed by atoms with Crippen LogP contribution < -0.4 is 42.1 Å². The van der Waals surface area contributed by atoms with Crippen LogP contribution in [0.5, 0.6) is 5.75 Å². The van der Waals surface area contributed by atoms with E-state index in [4.69, 9.17) is 4.74 Å². The number of nitrogens with zero attached hydrogens (tertiary/aromatic N) is 4. The molecule has 598 valence electrons. The molecule has 0 atom stereocenters. The Morgan fingerprint density at radius 2 is 0.736 bits per heavy atom. The number of urea groups is 1. The van der Waals surface area contributed by atoms with Gasteiger partial charge in [0, 0.05) is 125 Å². The van der Waals surface area contributed by atoms with Crippen LogP contribution in [0.1, 0.15) is 72.3 Å². The maximum atomic E-state index is 12.9. The van der Waals surface area contributed by atoms with Crippen molar-refractivity contribution in [3.05, 3.63) is 399 Å². The fourth-order valence-corrected chi connectivity index (χ4v) is 17.0. The van der Waals surface area contributed by atoms with Gasteiger partial charge in [-0.2, -0.15) is 0 Å². The lowest BCUT2D eigenvalue weighted by Gasteiger charge is -2.18. The molecule has 0 radical (unpaired) electrons. The van der Waals surface area contributed by atoms with Gasteiger partial charge in [0.05, 0.1) is 12.8 Å². The first-order valence-corrected chi connectivity index (χ1v) is 40.6. The van der Waals surface area contributed by atoms with E-state index in [0.29, 0.717) is 72.9 Å². The fourth-order valence-electron chi connectivity index (χ4n) is 17.0. The number of pyridine rings is 4. The number of carbonyl (C=O) groups excluding carboxylic acids is 4. The zero-order valence-corrected chi connectivity index (χ0v) is 67.7. The third kappa shape index (κ3) is 16.6. The molecule has 121 heavy (non-hydrogen) atoms. The minimum atomic E-state index is -0.355. The van der Waals surface area contributed by atoms with Crippen molar-refractivity contribution in [2.75, 3.05) is 28.2 Å². The van der Waals surface area contributed by atoms with Crippen LogP contribution in [0.15, 0.2) is 305 Å². The number of aromatic nitrogens is 4. The molecule has 18 nitrogen and oxygen atoms in total. The summed E-state index contributed by atoms with van der Waals surface area (Å²) in [4.78, 5) is 118. The highest BCUT2D eigenvalue weighted by Crippen LogP contribution is 2.37. The van der Waals surface area contributed by atoms with E-state index in [1.807, 2.05) is 213 Å². The minimum absolute atomic E-state index is 0.0826. The summed E-state index contributed by atoms with van der Waals surface area (Å²) in [5.41, 5.74) is 25.1. The Morgan fingerprint density at radius 3 is 1.25 bits per heavy atom. The molecule has 12 aromatic carbocycles. The Bertz CT molecular complexity index is 7020. The maximum Gasteiger partial charge on any atom is 0.415 e. The number of para-hydroxylation sites is 2. The SMILES string of the molecule is Cc1cc(CC(=O)N2CCc3ccccc32)ccc1-c1c[nH]c(=O)c2ccccc12.Cc1cc(CC(=O)N2Cc3ccccc3C2)ccc1-c1c[nH]c(=O)c2ccccc12.Cc1ccc2c(=O)[nH]cc(-c3ccc(NC(=O)N4CCc5ccccc54)cc3)c2c1.Cc1ccc2c(c1)CN(C(=O)Oc1ccc(-c3c[nH]c(=O)c4ccc(C)cc34)cc1)C2. The van der Waals surface area contributed by atoms with Gasteiger partial charge in [0.1, 0.15) is 5.75 Å². The minimum Gasteiger partial charge on any atom is -0.410 e. The lowest BCUT2D eigenvalue weighted by molar-refractivity contribution is -0.131. The predicted molar refractivity (Wildman–Crippen MR) is 483 cm³/mol. The van der Waals surface area contributed by atoms with E-state index in [2.05, 4.69) is 106 Å². The van der Waals surface area contributed by atoms with E-state index in [0.717, 1.165) is 141 Å². The molecule has 20 rings (SSSR count). The lowest BCUT2D eigenvalue weighted by atomic mass is 9.95. The Labute approximate surface area is 698 Å². The van der Waals surface area contributed by atoms with Crippen LogP contribution in [-0.2, 0) is 61.5 Å². The zero-order chi connectivity index (χ0) is 83.5. The van der Waals surface area contributed by atoms with Gasteiger partial charge < -0.3 is 39.8 Å². The molecule has 5 N–H and O–H groups in total. The molecule has 4 aliphatic rings. The number of H-pyrrole nitrogens is 4. The largest absolute Gasteiger partial charge is 0.415 e. The summed E-state index contributed by atoms with van der Waals surface area (Å²) in [6.07, 6.45) is 9.24. The van der Waals surface area contributed by atoms with Crippen LogP contribution in [0.3, 0.4) is 0 Å². The van der Waals surface area contributed by atoms with E-state index in [-0.39, 0.29) is 46.2 Å². The second-order valence-corrected chi connectivity index (χ2v) is 31.5. The number of nitrogens with one attached hydrogen (secondary N) is 5. The van der Waals surface area contributed by atoms with Gasteiger partial charge in [-0.1, -0.05) is 217 Å². The van der Waals surface area contributed by atoms with Crippen molar-refractivity contribution in [2.24, 2.45) is 0 Å². The van der Waals surface area contributed by atoms with Gasteiger partial charge in [-0.05, 0) is 208 Å². The summed E-state index contributed by atoms with van der Waals surface area (Å²) >= 11 is 0. The number of aryl methyl sites for hydroxylation is 5. The van der Waals surface area contributed by atoms with Gasteiger partial charge in [-0.15, -0.1) is 0 Å². The average Bonchev–Trinajstić information content (AvgIpc) is 1.67. The second kappa shape index (κ2) is 33.9. The Balaban J connectivity index is 0.000000115. The third-order valence-electron chi connectivity index (χ3n) is 23.3. The normalized spacial score (nSPS) is 12.8. The molecule has 0 saturated carbocycles. The molecule has 0 fully saturated rings.